The van der Waals surface area contributed by atoms with E-state index < -0.39 is 15.8 Å². The van der Waals surface area contributed by atoms with Crippen LogP contribution < -0.4 is 4.72 Å². The van der Waals surface area contributed by atoms with Gasteiger partial charge in [0.1, 0.15) is 5.82 Å². The molecule has 0 aromatic heterocycles. The highest BCUT2D eigenvalue weighted by Gasteiger charge is 2.42. The van der Waals surface area contributed by atoms with Crippen LogP contribution in [0, 0.1) is 5.82 Å². The zero-order valence-corrected chi connectivity index (χ0v) is 19.0. The lowest BCUT2D eigenvalue weighted by molar-refractivity contribution is 0.0370. The maximum Gasteiger partial charge on any atom is 0.240 e. The molecule has 1 fully saturated rings. The minimum absolute atomic E-state index is 0.0477. The summed E-state index contributed by atoms with van der Waals surface area (Å²) >= 11 is 12.1. The molecule has 0 spiro atoms. The number of sulfonamides is 1. The van der Waals surface area contributed by atoms with Gasteiger partial charge in [-0.25, -0.2) is 17.5 Å². The van der Waals surface area contributed by atoms with Crippen LogP contribution in [0.4, 0.5) is 4.39 Å². The third-order valence-electron chi connectivity index (χ3n) is 5.65. The van der Waals surface area contributed by atoms with Gasteiger partial charge in [-0.2, -0.15) is 0 Å². The van der Waals surface area contributed by atoms with Crippen LogP contribution >= 0.6 is 23.2 Å². The fourth-order valence-electron chi connectivity index (χ4n) is 3.86. The van der Waals surface area contributed by atoms with Crippen molar-refractivity contribution in [3.8, 4) is 0 Å². The SMILES string of the molecule is C[C@H]1C(NS(=O)(=O)c2ccc(F)cc2)CN1C(c1ccc(Cl)cc1)c1ccc(Cl)cc1. The van der Waals surface area contributed by atoms with Crippen LogP contribution in [0.25, 0.3) is 0 Å². The normalized spacial score (nSPS) is 19.4. The Hall–Kier alpha value is -1.96. The number of nitrogens with one attached hydrogen (secondary N) is 1. The van der Waals surface area contributed by atoms with Crippen molar-refractivity contribution < 1.29 is 12.8 Å². The first kappa shape index (κ1) is 22.2. The van der Waals surface area contributed by atoms with Crippen molar-refractivity contribution in [3.63, 3.8) is 0 Å². The fraction of sp³-hybridized carbons (Fsp3) is 0.217. The van der Waals surface area contributed by atoms with Gasteiger partial charge < -0.3 is 0 Å². The molecule has 0 aliphatic carbocycles. The Bertz CT molecular complexity index is 1110. The molecule has 1 heterocycles. The van der Waals surface area contributed by atoms with Crippen LogP contribution in [0.1, 0.15) is 24.1 Å². The number of benzene rings is 3. The Balaban J connectivity index is 1.56. The number of rotatable bonds is 6. The largest absolute Gasteiger partial charge is 0.286 e. The van der Waals surface area contributed by atoms with E-state index in [0.717, 1.165) is 23.3 Å². The third kappa shape index (κ3) is 4.78. The molecule has 1 unspecified atom stereocenters. The summed E-state index contributed by atoms with van der Waals surface area (Å²) in [7, 11) is -3.74. The Morgan fingerprint density at radius 3 is 1.84 bits per heavy atom. The van der Waals surface area contributed by atoms with Gasteiger partial charge in [-0.15, -0.1) is 0 Å². The van der Waals surface area contributed by atoms with E-state index in [0.29, 0.717) is 16.6 Å². The van der Waals surface area contributed by atoms with Gasteiger partial charge in [-0.1, -0.05) is 47.5 Å². The Morgan fingerprint density at radius 2 is 1.39 bits per heavy atom. The van der Waals surface area contributed by atoms with E-state index in [1.54, 1.807) is 0 Å². The Kier molecular flexibility index (Phi) is 6.37. The molecule has 0 saturated carbocycles. The molecule has 1 aliphatic heterocycles. The van der Waals surface area contributed by atoms with Crippen LogP contribution in [-0.2, 0) is 10.0 Å². The molecule has 1 N–H and O–H groups in total. The standard InChI is InChI=1S/C23H21Cl2FN2O2S/c1-15-22(27-31(29,30)21-12-10-20(26)11-13-21)14-28(15)23(16-2-6-18(24)7-3-16)17-4-8-19(25)9-5-17/h2-13,15,22-23,27H,14H2,1H3/t15-,22?/m0/s1. The van der Waals surface area contributed by atoms with E-state index >= 15 is 0 Å². The fourth-order valence-corrected chi connectivity index (χ4v) is 5.41. The summed E-state index contributed by atoms with van der Waals surface area (Å²) < 4.78 is 41.3. The topological polar surface area (TPSA) is 49.4 Å². The predicted molar refractivity (Wildman–Crippen MR) is 121 cm³/mol. The summed E-state index contributed by atoms with van der Waals surface area (Å²) in [5.74, 6) is -0.476. The second-order valence-corrected chi connectivity index (χ2v) is 10.2. The van der Waals surface area contributed by atoms with E-state index in [-0.39, 0.29) is 23.0 Å². The van der Waals surface area contributed by atoms with E-state index in [4.69, 9.17) is 23.2 Å². The minimum atomic E-state index is -3.74. The molecule has 8 heteroatoms. The summed E-state index contributed by atoms with van der Waals surface area (Å²) in [5.41, 5.74) is 2.11. The number of hydrogen-bond donors (Lipinski definition) is 1. The Morgan fingerprint density at radius 1 is 0.903 bits per heavy atom. The molecule has 4 nitrogen and oxygen atoms in total. The summed E-state index contributed by atoms with van der Waals surface area (Å²) in [6, 6.07) is 19.7. The second-order valence-electron chi connectivity index (χ2n) is 7.62. The lowest BCUT2D eigenvalue weighted by Gasteiger charge is -2.50. The molecule has 0 bridgehead atoms. The predicted octanol–water partition coefficient (Wildman–Crippen LogP) is 5.27. The van der Waals surface area contributed by atoms with Crippen LogP contribution in [0.15, 0.2) is 77.7 Å². The molecule has 1 aliphatic rings. The lowest BCUT2D eigenvalue weighted by atomic mass is 9.89. The highest BCUT2D eigenvalue weighted by atomic mass is 35.5. The van der Waals surface area contributed by atoms with Gasteiger partial charge in [0.15, 0.2) is 0 Å². The van der Waals surface area contributed by atoms with E-state index in [2.05, 4.69) is 9.62 Å². The monoisotopic (exact) mass is 478 g/mol. The number of hydrogen-bond acceptors (Lipinski definition) is 3. The number of nitrogens with zero attached hydrogens (tertiary/aromatic N) is 1. The summed E-state index contributed by atoms with van der Waals surface area (Å²) in [6.45, 7) is 2.51. The maximum atomic E-state index is 13.2. The van der Waals surface area contributed by atoms with Crippen molar-refractivity contribution in [1.29, 1.82) is 0 Å². The summed E-state index contributed by atoms with van der Waals surface area (Å²) in [4.78, 5) is 2.27. The molecule has 162 valence electrons. The highest BCUT2D eigenvalue weighted by Crippen LogP contribution is 2.37. The Labute approximate surface area is 191 Å². The van der Waals surface area contributed by atoms with Crippen molar-refractivity contribution in [1.82, 2.24) is 9.62 Å². The van der Waals surface area contributed by atoms with E-state index in [1.807, 2.05) is 55.5 Å². The average Bonchev–Trinajstić information content (AvgIpc) is 2.75. The van der Waals surface area contributed by atoms with Gasteiger partial charge in [-0.3, -0.25) is 4.90 Å². The average molecular weight is 479 g/mol. The molecule has 3 aromatic carbocycles. The van der Waals surface area contributed by atoms with Crippen LogP contribution in [0.2, 0.25) is 10.0 Å². The van der Waals surface area contributed by atoms with E-state index in [1.165, 1.54) is 12.1 Å². The van der Waals surface area contributed by atoms with Gasteiger partial charge >= 0.3 is 0 Å². The van der Waals surface area contributed by atoms with Gasteiger partial charge in [0, 0.05) is 22.6 Å². The summed E-state index contributed by atoms with van der Waals surface area (Å²) in [6.07, 6.45) is 0. The van der Waals surface area contributed by atoms with Crippen molar-refractivity contribution in [2.24, 2.45) is 0 Å². The lowest BCUT2D eigenvalue weighted by Crippen LogP contribution is -2.66. The number of halogens is 3. The van der Waals surface area contributed by atoms with Gasteiger partial charge in [0.25, 0.3) is 0 Å². The first-order valence-electron chi connectivity index (χ1n) is 9.79. The maximum absolute atomic E-state index is 13.2. The quantitative estimate of drug-likeness (QED) is 0.524. The molecule has 0 amide bonds. The third-order valence-corrected chi connectivity index (χ3v) is 7.66. The van der Waals surface area contributed by atoms with Crippen LogP contribution in [-0.4, -0.2) is 31.9 Å². The van der Waals surface area contributed by atoms with Gasteiger partial charge in [0.05, 0.1) is 17.0 Å². The van der Waals surface area contributed by atoms with Crippen molar-refractivity contribution >= 4 is 33.2 Å². The molecule has 1 saturated heterocycles. The highest BCUT2D eigenvalue weighted by molar-refractivity contribution is 7.89. The van der Waals surface area contributed by atoms with Crippen LogP contribution in [0.5, 0.6) is 0 Å². The molecule has 3 aromatic rings. The molecule has 4 rings (SSSR count). The molecule has 31 heavy (non-hydrogen) atoms. The van der Waals surface area contributed by atoms with Crippen molar-refractivity contribution in [2.45, 2.75) is 29.9 Å². The first-order chi connectivity index (χ1) is 14.7. The smallest absolute Gasteiger partial charge is 0.240 e. The van der Waals surface area contributed by atoms with E-state index in [9.17, 15) is 12.8 Å². The number of likely N-dealkylation sites (tertiary alicyclic amines) is 1. The molecular weight excluding hydrogens is 458 g/mol. The molecular formula is C23H21Cl2FN2O2S. The molecule has 0 radical (unpaired) electrons. The second kappa shape index (κ2) is 8.88. The van der Waals surface area contributed by atoms with Gasteiger partial charge in [-0.05, 0) is 66.6 Å². The van der Waals surface area contributed by atoms with Crippen LogP contribution in [0.3, 0.4) is 0 Å². The zero-order chi connectivity index (χ0) is 22.2. The van der Waals surface area contributed by atoms with Crippen molar-refractivity contribution in [2.75, 3.05) is 6.54 Å². The minimum Gasteiger partial charge on any atom is -0.286 e. The first-order valence-corrected chi connectivity index (χ1v) is 12.0. The zero-order valence-electron chi connectivity index (χ0n) is 16.7. The van der Waals surface area contributed by atoms with Crippen molar-refractivity contribution in [3.05, 3.63) is 99.8 Å². The molecule has 2 atom stereocenters. The van der Waals surface area contributed by atoms with Gasteiger partial charge in [0.2, 0.25) is 10.0 Å². The summed E-state index contributed by atoms with van der Waals surface area (Å²) in [5, 5.41) is 1.31.